The van der Waals surface area contributed by atoms with E-state index >= 15 is 0 Å². The lowest BCUT2D eigenvalue weighted by Crippen LogP contribution is -2.48. The molecule has 0 radical (unpaired) electrons. The highest BCUT2D eigenvalue weighted by molar-refractivity contribution is 5.95. The first-order chi connectivity index (χ1) is 10.6. The van der Waals surface area contributed by atoms with Crippen LogP contribution in [-0.4, -0.2) is 41.0 Å². The van der Waals surface area contributed by atoms with Crippen molar-refractivity contribution < 1.29 is 9.21 Å². The minimum atomic E-state index is -0.0399. The van der Waals surface area contributed by atoms with Crippen molar-refractivity contribution >= 4 is 41.8 Å². The Morgan fingerprint density at radius 3 is 2.58 bits per heavy atom. The number of nitrogens with one attached hydrogen (secondary N) is 1. The first kappa shape index (κ1) is 19.0. The molecule has 2 aromatic heterocycles. The summed E-state index contributed by atoms with van der Waals surface area (Å²) in [5.74, 6) is 0.350. The van der Waals surface area contributed by atoms with Crippen LogP contribution in [0.5, 0.6) is 0 Å². The molecule has 4 heterocycles. The second-order valence-corrected chi connectivity index (χ2v) is 6.63. The lowest BCUT2D eigenvalue weighted by molar-refractivity contribution is 0.0652. The average molecular weight is 372 g/mol. The minimum Gasteiger partial charge on any atom is -0.449 e. The summed E-state index contributed by atoms with van der Waals surface area (Å²) in [6, 6.07) is 6.97. The van der Waals surface area contributed by atoms with Gasteiger partial charge in [0.1, 0.15) is 5.52 Å². The number of aromatic nitrogens is 1. The molecule has 2 atom stereocenters. The number of aryl methyl sites for hydroxylation is 1. The van der Waals surface area contributed by atoms with Gasteiger partial charge in [0.15, 0.2) is 11.3 Å². The molecule has 2 aliphatic heterocycles. The van der Waals surface area contributed by atoms with Crippen LogP contribution in [0.2, 0.25) is 0 Å². The van der Waals surface area contributed by atoms with Gasteiger partial charge in [-0.05, 0) is 44.7 Å². The summed E-state index contributed by atoms with van der Waals surface area (Å²) in [7, 11) is 1.89. The van der Waals surface area contributed by atoms with Gasteiger partial charge in [0.2, 0.25) is 0 Å². The Balaban J connectivity index is 0.00000104. The van der Waals surface area contributed by atoms with Crippen molar-refractivity contribution in [2.45, 2.75) is 50.7 Å². The highest BCUT2D eigenvalue weighted by Crippen LogP contribution is 2.30. The highest BCUT2D eigenvalue weighted by Gasteiger charge is 2.37. The molecule has 2 saturated heterocycles. The summed E-state index contributed by atoms with van der Waals surface area (Å²) >= 11 is 0. The van der Waals surface area contributed by atoms with Crippen LogP contribution >= 0.6 is 24.8 Å². The number of halogens is 2. The lowest BCUT2D eigenvalue weighted by Gasteiger charge is -2.35. The van der Waals surface area contributed by atoms with E-state index in [-0.39, 0.29) is 30.7 Å². The number of rotatable bonds is 2. The Labute approximate surface area is 154 Å². The molecule has 0 saturated carbocycles. The van der Waals surface area contributed by atoms with E-state index in [4.69, 9.17) is 4.42 Å². The predicted molar refractivity (Wildman–Crippen MR) is 98.3 cm³/mol. The zero-order valence-corrected chi connectivity index (χ0v) is 15.5. The van der Waals surface area contributed by atoms with Crippen molar-refractivity contribution in [3.05, 3.63) is 29.7 Å². The molecule has 2 fully saturated rings. The van der Waals surface area contributed by atoms with Gasteiger partial charge in [0, 0.05) is 36.9 Å². The van der Waals surface area contributed by atoms with E-state index < -0.39 is 0 Å². The van der Waals surface area contributed by atoms with Crippen molar-refractivity contribution in [1.82, 2.24) is 15.2 Å². The second kappa shape index (κ2) is 7.30. The van der Waals surface area contributed by atoms with Crippen LogP contribution in [0.15, 0.2) is 22.6 Å². The molecule has 1 N–H and O–H groups in total. The molecule has 2 aliphatic rings. The minimum absolute atomic E-state index is 0. The molecule has 7 heteroatoms. The van der Waals surface area contributed by atoms with E-state index in [9.17, 15) is 4.79 Å². The molecule has 2 bridgehead atoms. The number of nitrogens with zero attached hydrogens (tertiary/aromatic N) is 2. The number of carbonyl (C=O) groups excluding carboxylic acids is 1. The zero-order chi connectivity index (χ0) is 15.3. The van der Waals surface area contributed by atoms with Gasteiger partial charge in [-0.2, -0.15) is 0 Å². The molecule has 132 valence electrons. The monoisotopic (exact) mass is 371 g/mol. The highest BCUT2D eigenvalue weighted by atomic mass is 35.5. The van der Waals surface area contributed by atoms with Gasteiger partial charge in [0.05, 0.1) is 0 Å². The Bertz CT molecular complexity index is 722. The SMILES string of the molecule is Cc1ccc2oc(C(=O)N(C)C3CC4CCC(C3)N4)cc2n1.Cl.Cl. The molecule has 5 nitrogen and oxygen atoms in total. The molecule has 2 aromatic rings. The number of carbonyl (C=O) groups is 1. The maximum Gasteiger partial charge on any atom is 0.289 e. The quantitative estimate of drug-likeness (QED) is 0.879. The first-order valence-electron chi connectivity index (χ1n) is 8.00. The number of pyridine rings is 1. The average Bonchev–Trinajstić information content (AvgIpc) is 3.08. The fourth-order valence-corrected chi connectivity index (χ4v) is 3.81. The molecule has 24 heavy (non-hydrogen) atoms. The Kier molecular flexibility index (Phi) is 5.78. The van der Waals surface area contributed by atoms with Crippen molar-refractivity contribution in [2.75, 3.05) is 7.05 Å². The molecule has 4 rings (SSSR count). The third kappa shape index (κ3) is 3.39. The molecule has 1 amide bonds. The van der Waals surface area contributed by atoms with Crippen LogP contribution in [0.25, 0.3) is 11.1 Å². The Morgan fingerprint density at radius 1 is 1.25 bits per heavy atom. The zero-order valence-electron chi connectivity index (χ0n) is 13.8. The summed E-state index contributed by atoms with van der Waals surface area (Å²) < 4.78 is 5.70. The topological polar surface area (TPSA) is 58.4 Å². The largest absolute Gasteiger partial charge is 0.449 e. The number of amides is 1. The molecule has 2 unspecified atom stereocenters. The summed E-state index contributed by atoms with van der Waals surface area (Å²) in [5, 5.41) is 3.61. The van der Waals surface area contributed by atoms with Crippen LogP contribution in [0.1, 0.15) is 41.9 Å². The molecule has 0 aromatic carbocycles. The van der Waals surface area contributed by atoms with E-state index in [0.717, 1.165) is 24.1 Å². The summed E-state index contributed by atoms with van der Waals surface area (Å²) in [6.07, 6.45) is 4.54. The predicted octanol–water partition coefficient (Wildman–Crippen LogP) is 3.33. The summed E-state index contributed by atoms with van der Waals surface area (Å²) in [5.41, 5.74) is 2.35. The third-order valence-electron chi connectivity index (χ3n) is 5.04. The number of piperidine rings is 1. The molecular weight excluding hydrogens is 349 g/mol. The van der Waals surface area contributed by atoms with Gasteiger partial charge >= 0.3 is 0 Å². The fraction of sp³-hybridized carbons (Fsp3) is 0.529. The fourth-order valence-electron chi connectivity index (χ4n) is 3.81. The summed E-state index contributed by atoms with van der Waals surface area (Å²) in [6.45, 7) is 1.94. The van der Waals surface area contributed by atoms with Gasteiger partial charge in [-0.3, -0.25) is 4.79 Å². The number of furan rings is 1. The Hall–Kier alpha value is -1.30. The maximum atomic E-state index is 12.7. The van der Waals surface area contributed by atoms with Gasteiger partial charge in [-0.15, -0.1) is 24.8 Å². The van der Waals surface area contributed by atoms with Crippen LogP contribution in [0, 0.1) is 6.92 Å². The van der Waals surface area contributed by atoms with Crippen molar-refractivity contribution in [3.63, 3.8) is 0 Å². The van der Waals surface area contributed by atoms with E-state index in [0.29, 0.717) is 29.5 Å². The lowest BCUT2D eigenvalue weighted by atomic mass is 9.98. The third-order valence-corrected chi connectivity index (χ3v) is 5.04. The second-order valence-electron chi connectivity index (χ2n) is 6.63. The van der Waals surface area contributed by atoms with Crippen LogP contribution < -0.4 is 5.32 Å². The summed E-state index contributed by atoms with van der Waals surface area (Å²) in [4.78, 5) is 19.0. The maximum absolute atomic E-state index is 12.7. The smallest absolute Gasteiger partial charge is 0.289 e. The van der Waals surface area contributed by atoms with E-state index in [1.165, 1.54) is 12.8 Å². The Morgan fingerprint density at radius 2 is 1.92 bits per heavy atom. The first-order valence-corrected chi connectivity index (χ1v) is 8.00. The number of hydrogen-bond acceptors (Lipinski definition) is 4. The van der Waals surface area contributed by atoms with E-state index in [2.05, 4.69) is 10.3 Å². The number of hydrogen-bond donors (Lipinski definition) is 1. The van der Waals surface area contributed by atoms with Crippen molar-refractivity contribution in [3.8, 4) is 0 Å². The van der Waals surface area contributed by atoms with Gasteiger partial charge in [-0.25, -0.2) is 4.98 Å². The standard InChI is InChI=1S/C17H21N3O2.2ClH/c1-10-3-6-15-14(18-10)9-16(22-15)17(21)20(2)13-7-11-4-5-12(8-13)19-11;;/h3,6,9,11-13,19H,4-5,7-8H2,1-2H3;2*1H. The van der Waals surface area contributed by atoms with Crippen LogP contribution in [-0.2, 0) is 0 Å². The van der Waals surface area contributed by atoms with E-state index in [1.807, 2.05) is 31.0 Å². The number of fused-ring (bicyclic) bond motifs is 3. The molecule has 0 spiro atoms. The van der Waals surface area contributed by atoms with Crippen molar-refractivity contribution in [1.29, 1.82) is 0 Å². The van der Waals surface area contributed by atoms with Crippen LogP contribution in [0.4, 0.5) is 0 Å². The molecule has 0 aliphatic carbocycles. The van der Waals surface area contributed by atoms with E-state index in [1.54, 1.807) is 6.07 Å². The normalized spacial score (nSPS) is 25.0. The van der Waals surface area contributed by atoms with Gasteiger partial charge in [0.25, 0.3) is 5.91 Å². The van der Waals surface area contributed by atoms with Crippen molar-refractivity contribution in [2.24, 2.45) is 0 Å². The van der Waals surface area contributed by atoms with Crippen LogP contribution in [0.3, 0.4) is 0 Å². The van der Waals surface area contributed by atoms with Gasteiger partial charge < -0.3 is 14.6 Å². The van der Waals surface area contributed by atoms with Gasteiger partial charge in [-0.1, -0.05) is 0 Å². The molecular formula is C17H23Cl2N3O2.